The van der Waals surface area contributed by atoms with Crippen LogP contribution in [0.2, 0.25) is 5.02 Å². The fourth-order valence-electron chi connectivity index (χ4n) is 2.67. The predicted octanol–water partition coefficient (Wildman–Crippen LogP) is 4.19. The monoisotopic (exact) mass is 378 g/mol. The van der Waals surface area contributed by atoms with E-state index in [0.29, 0.717) is 17.3 Å². The summed E-state index contributed by atoms with van der Waals surface area (Å²) >= 11 is 6.11. The molecule has 0 aliphatic rings. The Morgan fingerprint density at radius 1 is 0.815 bits per heavy atom. The van der Waals surface area contributed by atoms with E-state index in [2.05, 4.69) is 5.32 Å². The number of para-hydroxylation sites is 1. The summed E-state index contributed by atoms with van der Waals surface area (Å²) in [4.78, 5) is 26.8. The Labute approximate surface area is 163 Å². The zero-order valence-electron chi connectivity index (χ0n) is 14.6. The van der Waals surface area contributed by atoms with Crippen LogP contribution in [0.25, 0.3) is 0 Å². The van der Waals surface area contributed by atoms with Crippen molar-refractivity contribution >= 4 is 29.1 Å². The molecular weight excluding hydrogens is 360 g/mol. The van der Waals surface area contributed by atoms with Gasteiger partial charge in [-0.05, 0) is 29.3 Å². The van der Waals surface area contributed by atoms with Crippen LogP contribution in [0.3, 0.4) is 0 Å². The van der Waals surface area contributed by atoms with Gasteiger partial charge in [-0.3, -0.25) is 14.5 Å². The molecule has 0 saturated heterocycles. The molecule has 0 bridgehead atoms. The van der Waals surface area contributed by atoms with E-state index in [-0.39, 0.29) is 6.54 Å². The van der Waals surface area contributed by atoms with E-state index in [1.807, 2.05) is 78.9 Å². The van der Waals surface area contributed by atoms with Crippen LogP contribution in [0, 0.1) is 0 Å². The van der Waals surface area contributed by atoms with Crippen LogP contribution in [-0.2, 0) is 22.7 Å². The number of hydrogen-bond donors (Lipinski definition) is 1. The van der Waals surface area contributed by atoms with Gasteiger partial charge in [0, 0.05) is 17.3 Å². The Bertz CT molecular complexity index is 914. The van der Waals surface area contributed by atoms with E-state index < -0.39 is 11.8 Å². The van der Waals surface area contributed by atoms with Gasteiger partial charge < -0.3 is 5.32 Å². The van der Waals surface area contributed by atoms with Gasteiger partial charge >= 0.3 is 11.8 Å². The third-order valence-electron chi connectivity index (χ3n) is 4.09. The van der Waals surface area contributed by atoms with Crippen molar-refractivity contribution in [3.05, 3.63) is 101 Å². The molecule has 0 atom stereocenters. The molecule has 5 heteroatoms. The highest BCUT2D eigenvalue weighted by Gasteiger charge is 2.23. The third-order valence-corrected chi connectivity index (χ3v) is 4.46. The maximum absolute atomic E-state index is 12.8. The average Bonchev–Trinajstić information content (AvgIpc) is 2.72. The molecule has 4 nitrogen and oxygen atoms in total. The highest BCUT2D eigenvalue weighted by atomic mass is 35.5. The van der Waals surface area contributed by atoms with Crippen molar-refractivity contribution in [1.29, 1.82) is 0 Å². The van der Waals surface area contributed by atoms with Gasteiger partial charge in [-0.1, -0.05) is 78.3 Å². The van der Waals surface area contributed by atoms with Crippen LogP contribution in [-0.4, -0.2) is 11.8 Å². The largest absolute Gasteiger partial charge is 0.344 e. The number of amides is 2. The van der Waals surface area contributed by atoms with E-state index in [4.69, 9.17) is 11.6 Å². The van der Waals surface area contributed by atoms with Crippen LogP contribution in [0.1, 0.15) is 11.1 Å². The van der Waals surface area contributed by atoms with Gasteiger partial charge in [0.2, 0.25) is 0 Å². The lowest BCUT2D eigenvalue weighted by atomic mass is 10.2. The molecular formula is C22H19ClN2O2. The number of nitrogens with zero attached hydrogens (tertiary/aromatic N) is 1. The second kappa shape index (κ2) is 9.01. The molecule has 0 spiro atoms. The highest BCUT2D eigenvalue weighted by Crippen LogP contribution is 2.18. The molecule has 27 heavy (non-hydrogen) atoms. The van der Waals surface area contributed by atoms with Gasteiger partial charge in [-0.25, -0.2) is 0 Å². The van der Waals surface area contributed by atoms with Gasteiger partial charge in [-0.15, -0.1) is 0 Å². The molecule has 0 radical (unpaired) electrons. The van der Waals surface area contributed by atoms with Crippen LogP contribution in [0.5, 0.6) is 0 Å². The van der Waals surface area contributed by atoms with Gasteiger partial charge in [0.05, 0.1) is 6.54 Å². The summed E-state index contributed by atoms with van der Waals surface area (Å²) in [6.45, 7) is 0.501. The number of halogens is 1. The van der Waals surface area contributed by atoms with Crippen molar-refractivity contribution in [3.63, 3.8) is 0 Å². The first kappa shape index (κ1) is 18.7. The quantitative estimate of drug-likeness (QED) is 0.677. The normalized spacial score (nSPS) is 10.3. The van der Waals surface area contributed by atoms with Gasteiger partial charge in [-0.2, -0.15) is 0 Å². The molecule has 0 unspecified atom stereocenters. The minimum absolute atomic E-state index is 0.193. The molecule has 0 aliphatic heterocycles. The van der Waals surface area contributed by atoms with E-state index in [1.165, 1.54) is 4.90 Å². The summed E-state index contributed by atoms with van der Waals surface area (Å²) < 4.78 is 0. The van der Waals surface area contributed by atoms with E-state index in [1.54, 1.807) is 6.07 Å². The molecule has 2 amide bonds. The first-order chi connectivity index (χ1) is 13.1. The average molecular weight is 379 g/mol. The fraction of sp³-hybridized carbons (Fsp3) is 0.0909. The lowest BCUT2D eigenvalue weighted by Crippen LogP contribution is -2.42. The summed E-state index contributed by atoms with van der Waals surface area (Å²) in [6.07, 6.45) is 0. The van der Waals surface area contributed by atoms with Crippen molar-refractivity contribution in [2.75, 3.05) is 4.90 Å². The number of benzene rings is 3. The van der Waals surface area contributed by atoms with Gasteiger partial charge in [0.15, 0.2) is 0 Å². The second-order valence-electron chi connectivity index (χ2n) is 5.99. The second-order valence-corrected chi connectivity index (χ2v) is 6.39. The number of carbonyl (C=O) groups is 2. The van der Waals surface area contributed by atoms with Crippen molar-refractivity contribution in [1.82, 2.24) is 5.32 Å². The minimum atomic E-state index is -0.672. The molecule has 1 N–H and O–H groups in total. The van der Waals surface area contributed by atoms with Crippen molar-refractivity contribution in [2.45, 2.75) is 13.1 Å². The molecule has 136 valence electrons. The zero-order chi connectivity index (χ0) is 19.1. The molecule has 3 aromatic carbocycles. The number of nitrogens with one attached hydrogen (secondary N) is 1. The Morgan fingerprint density at radius 3 is 2.07 bits per heavy atom. The van der Waals surface area contributed by atoms with Crippen LogP contribution in [0.4, 0.5) is 5.69 Å². The number of carbonyl (C=O) groups excluding carboxylic acids is 2. The highest BCUT2D eigenvalue weighted by molar-refractivity contribution is 6.40. The minimum Gasteiger partial charge on any atom is -0.344 e. The number of rotatable bonds is 5. The summed E-state index contributed by atoms with van der Waals surface area (Å²) in [5.41, 5.74) is 2.36. The molecule has 0 aromatic heterocycles. The lowest BCUT2D eigenvalue weighted by molar-refractivity contribution is -0.137. The predicted molar refractivity (Wildman–Crippen MR) is 107 cm³/mol. The fourth-order valence-corrected chi connectivity index (χ4v) is 2.87. The van der Waals surface area contributed by atoms with Crippen molar-refractivity contribution in [3.8, 4) is 0 Å². The van der Waals surface area contributed by atoms with Crippen LogP contribution in [0.15, 0.2) is 84.9 Å². The maximum atomic E-state index is 12.8. The Kier molecular flexibility index (Phi) is 6.23. The molecule has 0 fully saturated rings. The van der Waals surface area contributed by atoms with Crippen LogP contribution < -0.4 is 10.2 Å². The summed E-state index contributed by atoms with van der Waals surface area (Å²) in [7, 11) is 0. The summed E-state index contributed by atoms with van der Waals surface area (Å²) in [5, 5.41) is 3.21. The Balaban J connectivity index is 1.76. The third kappa shape index (κ3) is 4.96. The van der Waals surface area contributed by atoms with Gasteiger partial charge in [0.25, 0.3) is 0 Å². The Hall–Kier alpha value is -3.11. The first-order valence-electron chi connectivity index (χ1n) is 8.57. The maximum Gasteiger partial charge on any atom is 0.316 e. The lowest BCUT2D eigenvalue weighted by Gasteiger charge is -2.22. The summed E-state index contributed by atoms with van der Waals surface area (Å²) in [5.74, 6) is -1.29. The Morgan fingerprint density at radius 2 is 1.41 bits per heavy atom. The van der Waals surface area contributed by atoms with E-state index in [9.17, 15) is 9.59 Å². The zero-order valence-corrected chi connectivity index (χ0v) is 15.4. The molecule has 0 saturated carbocycles. The van der Waals surface area contributed by atoms with Crippen molar-refractivity contribution in [2.24, 2.45) is 0 Å². The molecule has 3 aromatic rings. The standard InChI is InChI=1S/C22H19ClN2O2/c23-20-14-8-7-11-18(20)15-24-21(26)22(27)25(19-12-5-2-6-13-19)16-17-9-3-1-4-10-17/h1-14H,15-16H2,(H,24,26). The smallest absolute Gasteiger partial charge is 0.316 e. The summed E-state index contributed by atoms with van der Waals surface area (Å²) in [6, 6.07) is 25.9. The van der Waals surface area contributed by atoms with Crippen LogP contribution >= 0.6 is 11.6 Å². The molecule has 0 heterocycles. The molecule has 3 rings (SSSR count). The number of hydrogen-bond acceptors (Lipinski definition) is 2. The number of anilines is 1. The topological polar surface area (TPSA) is 49.4 Å². The van der Waals surface area contributed by atoms with E-state index in [0.717, 1.165) is 11.1 Å². The van der Waals surface area contributed by atoms with Gasteiger partial charge in [0.1, 0.15) is 0 Å². The first-order valence-corrected chi connectivity index (χ1v) is 8.95. The van der Waals surface area contributed by atoms with Crippen molar-refractivity contribution < 1.29 is 9.59 Å². The van der Waals surface area contributed by atoms with E-state index >= 15 is 0 Å². The molecule has 0 aliphatic carbocycles. The SMILES string of the molecule is O=C(NCc1ccccc1Cl)C(=O)N(Cc1ccccc1)c1ccccc1.